The summed E-state index contributed by atoms with van der Waals surface area (Å²) >= 11 is 9.32. The van der Waals surface area contributed by atoms with Crippen molar-refractivity contribution in [1.82, 2.24) is 9.99 Å². The molecule has 116 valence electrons. The Kier molecular flexibility index (Phi) is 3.88. The van der Waals surface area contributed by atoms with E-state index in [4.69, 9.17) is 11.6 Å². The van der Waals surface area contributed by atoms with Gasteiger partial charge in [-0.2, -0.15) is 0 Å². The molecule has 0 radical (unpaired) electrons. The fourth-order valence-electron chi connectivity index (χ4n) is 2.54. The number of nitrogens with zero attached hydrogens (tertiary/aromatic N) is 2. The summed E-state index contributed by atoms with van der Waals surface area (Å²) in [6.07, 6.45) is 1.72. The number of amides is 1. The Balaban J connectivity index is 1.70. The van der Waals surface area contributed by atoms with Gasteiger partial charge in [0.1, 0.15) is 5.37 Å². The number of rotatable bonds is 3. The molecule has 4 rings (SSSR count). The van der Waals surface area contributed by atoms with E-state index in [0.717, 1.165) is 21.5 Å². The molecule has 23 heavy (non-hydrogen) atoms. The Morgan fingerprint density at radius 1 is 1.30 bits per heavy atom. The van der Waals surface area contributed by atoms with Gasteiger partial charge >= 0.3 is 0 Å². The number of aromatic nitrogens is 1. The van der Waals surface area contributed by atoms with Gasteiger partial charge in [0.15, 0.2) is 0 Å². The molecule has 0 bridgehead atoms. The molecule has 3 aromatic rings. The molecule has 1 fully saturated rings. The van der Waals surface area contributed by atoms with E-state index in [-0.39, 0.29) is 11.3 Å². The van der Waals surface area contributed by atoms with Crippen LogP contribution in [-0.4, -0.2) is 21.7 Å². The van der Waals surface area contributed by atoms with Gasteiger partial charge in [-0.25, -0.2) is 5.01 Å². The largest absolute Gasteiger partial charge is 0.294 e. The van der Waals surface area contributed by atoms with E-state index in [1.54, 1.807) is 34.3 Å². The van der Waals surface area contributed by atoms with Crippen molar-refractivity contribution in [3.05, 3.63) is 57.9 Å². The Morgan fingerprint density at radius 2 is 2.22 bits per heavy atom. The van der Waals surface area contributed by atoms with Crippen molar-refractivity contribution in [2.24, 2.45) is 0 Å². The summed E-state index contributed by atoms with van der Waals surface area (Å²) in [5.74, 6) is 0.553. The van der Waals surface area contributed by atoms with Crippen molar-refractivity contribution >= 4 is 57.2 Å². The molecule has 7 heteroatoms. The fraction of sp³-hybridized carbons (Fsp3) is 0.125. The second-order valence-corrected chi connectivity index (χ2v) is 7.56. The van der Waals surface area contributed by atoms with Crippen LogP contribution in [0.4, 0.5) is 5.69 Å². The van der Waals surface area contributed by atoms with Gasteiger partial charge in [0.2, 0.25) is 0 Å². The summed E-state index contributed by atoms with van der Waals surface area (Å²) in [7, 11) is 0. The molecule has 1 saturated heterocycles. The van der Waals surface area contributed by atoms with Crippen molar-refractivity contribution in [2.45, 2.75) is 5.37 Å². The summed E-state index contributed by atoms with van der Waals surface area (Å²) in [5, 5.41) is 5.32. The van der Waals surface area contributed by atoms with Gasteiger partial charge in [-0.3, -0.25) is 15.2 Å². The number of fused-ring (bicyclic) bond motifs is 1. The zero-order valence-corrected chi connectivity index (χ0v) is 14.3. The molecule has 3 heterocycles. The van der Waals surface area contributed by atoms with Crippen molar-refractivity contribution < 1.29 is 4.79 Å². The summed E-state index contributed by atoms with van der Waals surface area (Å²) in [6, 6.07) is 11.5. The van der Waals surface area contributed by atoms with Gasteiger partial charge in [-0.1, -0.05) is 17.7 Å². The number of halogens is 1. The molecule has 0 saturated carbocycles. The molecule has 1 aliphatic rings. The maximum atomic E-state index is 12.3. The van der Waals surface area contributed by atoms with Crippen molar-refractivity contribution in [3.63, 3.8) is 0 Å². The second kappa shape index (κ2) is 6.03. The van der Waals surface area contributed by atoms with E-state index in [9.17, 15) is 4.79 Å². The molecule has 1 aromatic carbocycles. The first-order valence-corrected chi connectivity index (χ1v) is 9.31. The number of pyridine rings is 1. The van der Waals surface area contributed by atoms with Crippen molar-refractivity contribution in [3.8, 4) is 0 Å². The van der Waals surface area contributed by atoms with Crippen LogP contribution in [0.15, 0.2) is 48.0 Å². The van der Waals surface area contributed by atoms with Crippen LogP contribution in [0.3, 0.4) is 0 Å². The first-order chi connectivity index (χ1) is 11.2. The van der Waals surface area contributed by atoms with Crippen LogP contribution >= 0.6 is 34.7 Å². The van der Waals surface area contributed by atoms with Gasteiger partial charge in [-0.15, -0.1) is 23.1 Å². The maximum absolute atomic E-state index is 12.3. The third kappa shape index (κ3) is 2.78. The van der Waals surface area contributed by atoms with Gasteiger partial charge in [0.05, 0.1) is 17.0 Å². The number of thioether (sulfide) groups is 1. The highest BCUT2D eigenvalue weighted by Gasteiger charge is 2.34. The number of hydrogen-bond donors (Lipinski definition) is 1. The number of hydrazine groups is 1. The summed E-state index contributed by atoms with van der Waals surface area (Å²) < 4.78 is 0. The summed E-state index contributed by atoms with van der Waals surface area (Å²) in [4.78, 5) is 17.8. The van der Waals surface area contributed by atoms with E-state index in [1.165, 1.54) is 0 Å². The number of carbonyl (C=O) groups excluding carboxylic acids is 1. The normalized spacial score (nSPS) is 17.9. The van der Waals surface area contributed by atoms with E-state index in [1.807, 2.05) is 35.7 Å². The third-order valence-electron chi connectivity index (χ3n) is 3.60. The zero-order valence-electron chi connectivity index (χ0n) is 11.9. The minimum atomic E-state index is -0.00184. The zero-order chi connectivity index (χ0) is 15.8. The van der Waals surface area contributed by atoms with Crippen LogP contribution in [-0.2, 0) is 4.79 Å². The second-order valence-electron chi connectivity index (χ2n) is 5.07. The van der Waals surface area contributed by atoms with E-state index in [2.05, 4.69) is 16.5 Å². The lowest BCUT2D eigenvalue weighted by Crippen LogP contribution is -2.33. The highest BCUT2D eigenvalue weighted by atomic mass is 35.5. The van der Waals surface area contributed by atoms with Crippen molar-refractivity contribution in [1.29, 1.82) is 0 Å². The van der Waals surface area contributed by atoms with E-state index >= 15 is 0 Å². The Morgan fingerprint density at radius 3 is 3.04 bits per heavy atom. The third-order valence-corrected chi connectivity index (χ3v) is 6.10. The monoisotopic (exact) mass is 361 g/mol. The topological polar surface area (TPSA) is 45.2 Å². The Labute approximate surface area is 146 Å². The standard InChI is InChI=1S/C16H12ClN3OS2/c17-10-3-4-11-12(5-6-18-13(11)8-10)19-20-15(21)9-23-16(20)14-2-1-7-22-14/h1-8,16H,9H2,(H,18,19). The lowest BCUT2D eigenvalue weighted by Gasteiger charge is -2.25. The molecule has 1 atom stereocenters. The number of anilines is 1. The van der Waals surface area contributed by atoms with Crippen LogP contribution in [0, 0.1) is 0 Å². The highest BCUT2D eigenvalue weighted by molar-refractivity contribution is 8.00. The Bertz CT molecular complexity index is 869. The van der Waals surface area contributed by atoms with Crippen LogP contribution in [0.25, 0.3) is 10.9 Å². The minimum Gasteiger partial charge on any atom is -0.294 e. The van der Waals surface area contributed by atoms with E-state index in [0.29, 0.717) is 10.8 Å². The quantitative estimate of drug-likeness (QED) is 0.743. The van der Waals surface area contributed by atoms with Crippen LogP contribution < -0.4 is 5.43 Å². The molecule has 0 aliphatic carbocycles. The number of benzene rings is 1. The average molecular weight is 362 g/mol. The Hall–Kier alpha value is -1.76. The summed E-state index contributed by atoms with van der Waals surface area (Å²) in [6.45, 7) is 0. The highest BCUT2D eigenvalue weighted by Crippen LogP contribution is 2.41. The van der Waals surface area contributed by atoms with Crippen molar-refractivity contribution in [2.75, 3.05) is 11.2 Å². The first-order valence-electron chi connectivity index (χ1n) is 7.00. The SMILES string of the molecule is O=C1CSC(c2cccs2)N1Nc1ccnc2cc(Cl)ccc12. The average Bonchev–Trinajstić information content (AvgIpc) is 3.18. The summed E-state index contributed by atoms with van der Waals surface area (Å²) in [5.41, 5.74) is 4.93. The molecular formula is C16H12ClN3OS2. The number of carbonyl (C=O) groups is 1. The number of nitrogens with one attached hydrogen (secondary N) is 1. The predicted octanol–water partition coefficient (Wildman–Crippen LogP) is 4.55. The molecular weight excluding hydrogens is 350 g/mol. The van der Waals surface area contributed by atoms with Gasteiger partial charge in [-0.05, 0) is 35.7 Å². The lowest BCUT2D eigenvalue weighted by molar-refractivity contribution is -0.126. The maximum Gasteiger partial charge on any atom is 0.252 e. The molecule has 4 nitrogen and oxygen atoms in total. The molecule has 1 N–H and O–H groups in total. The lowest BCUT2D eigenvalue weighted by atomic mass is 10.2. The predicted molar refractivity (Wildman–Crippen MR) is 96.7 cm³/mol. The minimum absolute atomic E-state index is 0.00184. The fourth-order valence-corrected chi connectivity index (χ4v) is 4.77. The van der Waals surface area contributed by atoms with E-state index < -0.39 is 0 Å². The van der Waals surface area contributed by atoms with Crippen LogP contribution in [0.5, 0.6) is 0 Å². The molecule has 1 amide bonds. The van der Waals surface area contributed by atoms with Gasteiger partial charge in [0.25, 0.3) is 5.91 Å². The number of thiophene rings is 1. The molecule has 1 aliphatic heterocycles. The van der Waals surface area contributed by atoms with Gasteiger partial charge < -0.3 is 0 Å². The van der Waals surface area contributed by atoms with Crippen LogP contribution in [0.2, 0.25) is 5.02 Å². The van der Waals surface area contributed by atoms with Gasteiger partial charge in [0, 0.05) is 21.5 Å². The molecule has 2 aromatic heterocycles. The first kappa shape index (κ1) is 14.8. The molecule has 0 spiro atoms. The van der Waals surface area contributed by atoms with Crippen LogP contribution in [0.1, 0.15) is 10.3 Å². The molecule has 1 unspecified atom stereocenters. The number of hydrogen-bond acceptors (Lipinski definition) is 5. The smallest absolute Gasteiger partial charge is 0.252 e.